The minimum Gasteiger partial charge on any atom is -0.457 e. The summed E-state index contributed by atoms with van der Waals surface area (Å²) in [4.78, 5) is 8.88. The van der Waals surface area contributed by atoms with Gasteiger partial charge in [-0.05, 0) is 44.0 Å². The molecule has 2 N–H and O–H groups in total. The zero-order valence-corrected chi connectivity index (χ0v) is 16.6. The van der Waals surface area contributed by atoms with Crippen molar-refractivity contribution >= 4 is 27.5 Å². The molecule has 0 amide bonds. The van der Waals surface area contributed by atoms with Gasteiger partial charge in [-0.3, -0.25) is 4.99 Å². The summed E-state index contributed by atoms with van der Waals surface area (Å²) < 4.78 is 12.5. The third kappa shape index (κ3) is 5.55. The quantitative estimate of drug-likeness (QED) is 0.330. The van der Waals surface area contributed by atoms with E-state index in [1.54, 1.807) is 18.4 Å². The summed E-state index contributed by atoms with van der Waals surface area (Å²) >= 11 is 1.64. The van der Waals surface area contributed by atoms with E-state index >= 15 is 0 Å². The Kier molecular flexibility index (Phi) is 7.24. The van der Waals surface area contributed by atoms with Crippen molar-refractivity contribution in [3.05, 3.63) is 42.2 Å². The number of hydrogen-bond acceptors (Lipinski definition) is 5. The molecule has 0 aliphatic rings. The van der Waals surface area contributed by atoms with Crippen LogP contribution in [-0.2, 0) is 11.3 Å². The van der Waals surface area contributed by atoms with Crippen LogP contribution in [0.5, 0.6) is 0 Å². The smallest absolute Gasteiger partial charge is 0.191 e. The van der Waals surface area contributed by atoms with Gasteiger partial charge in [0.25, 0.3) is 0 Å². The number of nitrogens with zero attached hydrogens (tertiary/aromatic N) is 2. The molecular formula is C20H26N4O2S. The van der Waals surface area contributed by atoms with Crippen molar-refractivity contribution in [3.8, 4) is 10.8 Å². The Morgan fingerprint density at radius 3 is 2.89 bits per heavy atom. The van der Waals surface area contributed by atoms with E-state index in [-0.39, 0.29) is 0 Å². The molecule has 0 fully saturated rings. The monoisotopic (exact) mass is 386 g/mol. The summed E-state index contributed by atoms with van der Waals surface area (Å²) in [7, 11) is 1.77. The second-order valence-corrected chi connectivity index (χ2v) is 7.04. The fraction of sp³-hybridized carbons (Fsp3) is 0.400. The van der Waals surface area contributed by atoms with Crippen molar-refractivity contribution in [3.63, 3.8) is 0 Å². The molecule has 0 atom stereocenters. The second-order valence-electron chi connectivity index (χ2n) is 6.01. The molecule has 0 saturated carbocycles. The van der Waals surface area contributed by atoms with Crippen LogP contribution in [0.15, 0.2) is 45.8 Å². The Morgan fingerprint density at radius 1 is 1.19 bits per heavy atom. The Hall–Kier alpha value is -2.38. The summed E-state index contributed by atoms with van der Waals surface area (Å²) in [6, 6.07) is 12.1. The number of fused-ring (bicyclic) bond motifs is 1. The minimum absolute atomic E-state index is 0.573. The van der Waals surface area contributed by atoms with Gasteiger partial charge in [-0.1, -0.05) is 12.1 Å². The maximum absolute atomic E-state index is 5.95. The standard InChI is InChI=1S/C20H26N4O2S/c1-3-25-13-7-6-12-22-20(21-2)23-14-15-10-11-17(26-15)19-24-16-8-4-5-9-18(16)27-19/h4-5,8-11H,3,6-7,12-14H2,1-2H3,(H2,21,22,23). The number of para-hydroxylation sites is 1. The van der Waals surface area contributed by atoms with Crippen LogP contribution in [0, 0.1) is 0 Å². The number of ether oxygens (including phenoxy) is 1. The lowest BCUT2D eigenvalue weighted by Gasteiger charge is -2.10. The molecule has 0 radical (unpaired) electrons. The number of thiazole rings is 1. The first kappa shape index (κ1) is 19.4. The highest BCUT2D eigenvalue weighted by atomic mass is 32.1. The highest BCUT2D eigenvalue weighted by Crippen LogP contribution is 2.30. The molecule has 0 unspecified atom stereocenters. The summed E-state index contributed by atoms with van der Waals surface area (Å²) in [6.07, 6.45) is 2.09. The van der Waals surface area contributed by atoms with Crippen molar-refractivity contribution in [1.29, 1.82) is 0 Å². The first-order valence-electron chi connectivity index (χ1n) is 9.27. The highest BCUT2D eigenvalue weighted by molar-refractivity contribution is 7.21. The molecule has 3 aromatic rings. The summed E-state index contributed by atoms with van der Waals surface area (Å²) in [6.45, 7) is 5.04. The Balaban J connectivity index is 1.48. The number of hydrogen-bond donors (Lipinski definition) is 2. The molecule has 3 rings (SSSR count). The van der Waals surface area contributed by atoms with E-state index in [1.165, 1.54) is 0 Å². The van der Waals surface area contributed by atoms with Crippen molar-refractivity contribution in [2.75, 3.05) is 26.8 Å². The number of rotatable bonds is 9. The molecule has 0 bridgehead atoms. The lowest BCUT2D eigenvalue weighted by molar-refractivity contribution is 0.143. The molecule has 2 heterocycles. The van der Waals surface area contributed by atoms with Gasteiger partial charge in [0.15, 0.2) is 16.7 Å². The van der Waals surface area contributed by atoms with Crippen molar-refractivity contribution in [1.82, 2.24) is 15.6 Å². The number of guanidine groups is 1. The zero-order chi connectivity index (χ0) is 18.9. The molecular weight excluding hydrogens is 360 g/mol. The van der Waals surface area contributed by atoms with E-state index in [9.17, 15) is 0 Å². The fourth-order valence-corrected chi connectivity index (χ4v) is 3.56. The highest BCUT2D eigenvalue weighted by Gasteiger charge is 2.10. The van der Waals surface area contributed by atoms with E-state index < -0.39 is 0 Å². The molecule has 0 aliphatic heterocycles. The van der Waals surface area contributed by atoms with E-state index in [4.69, 9.17) is 9.15 Å². The van der Waals surface area contributed by atoms with Crippen LogP contribution in [-0.4, -0.2) is 37.7 Å². The average Bonchev–Trinajstić information content (AvgIpc) is 3.33. The third-order valence-corrected chi connectivity index (χ3v) is 5.08. The number of nitrogens with one attached hydrogen (secondary N) is 2. The molecule has 144 valence electrons. The number of benzene rings is 1. The van der Waals surface area contributed by atoms with E-state index in [2.05, 4.69) is 26.7 Å². The minimum atomic E-state index is 0.573. The van der Waals surface area contributed by atoms with Crippen LogP contribution in [0.3, 0.4) is 0 Å². The van der Waals surface area contributed by atoms with Crippen molar-refractivity contribution < 1.29 is 9.15 Å². The van der Waals surface area contributed by atoms with Gasteiger partial charge >= 0.3 is 0 Å². The second kappa shape index (κ2) is 10.1. The lowest BCUT2D eigenvalue weighted by atomic mass is 10.3. The van der Waals surface area contributed by atoms with Crippen LogP contribution in [0.4, 0.5) is 0 Å². The van der Waals surface area contributed by atoms with Crippen LogP contribution in [0.2, 0.25) is 0 Å². The molecule has 1 aromatic carbocycles. The van der Waals surface area contributed by atoms with Crippen LogP contribution >= 0.6 is 11.3 Å². The molecule has 2 aromatic heterocycles. The van der Waals surface area contributed by atoms with Crippen molar-refractivity contribution in [2.45, 2.75) is 26.3 Å². The Morgan fingerprint density at radius 2 is 2.07 bits per heavy atom. The van der Waals surface area contributed by atoms with Crippen LogP contribution in [0.1, 0.15) is 25.5 Å². The van der Waals surface area contributed by atoms with Gasteiger partial charge in [0, 0.05) is 26.8 Å². The molecule has 7 heteroatoms. The maximum atomic E-state index is 5.95. The maximum Gasteiger partial charge on any atom is 0.191 e. The van der Waals surface area contributed by atoms with E-state index in [0.29, 0.717) is 6.54 Å². The number of aliphatic imine (C=N–C) groups is 1. The topological polar surface area (TPSA) is 71.7 Å². The lowest BCUT2D eigenvalue weighted by Crippen LogP contribution is -2.37. The molecule has 6 nitrogen and oxygen atoms in total. The third-order valence-electron chi connectivity index (χ3n) is 4.03. The summed E-state index contributed by atoms with van der Waals surface area (Å²) in [5.74, 6) is 2.42. The van der Waals surface area contributed by atoms with Gasteiger partial charge in [0.1, 0.15) is 5.76 Å². The van der Waals surface area contributed by atoms with Crippen molar-refractivity contribution in [2.24, 2.45) is 4.99 Å². The zero-order valence-electron chi connectivity index (χ0n) is 15.8. The van der Waals surface area contributed by atoms with Gasteiger partial charge in [-0.2, -0.15) is 0 Å². The predicted octanol–water partition coefficient (Wildman–Crippen LogP) is 4.04. The number of furan rings is 1. The number of unbranched alkanes of at least 4 members (excludes halogenated alkanes) is 1. The molecule has 27 heavy (non-hydrogen) atoms. The first-order valence-corrected chi connectivity index (χ1v) is 10.1. The van der Waals surface area contributed by atoms with Crippen LogP contribution in [0.25, 0.3) is 21.0 Å². The first-order chi connectivity index (χ1) is 13.3. The Bertz CT molecular complexity index is 839. The number of aromatic nitrogens is 1. The van der Waals surface area contributed by atoms with Gasteiger partial charge in [-0.15, -0.1) is 11.3 Å². The molecule has 0 saturated heterocycles. The van der Waals surface area contributed by atoms with E-state index in [0.717, 1.165) is 65.3 Å². The SMILES string of the molecule is CCOCCCCNC(=NC)NCc1ccc(-c2nc3ccccc3s2)o1. The van der Waals surface area contributed by atoms with Gasteiger partial charge < -0.3 is 19.8 Å². The fourth-order valence-electron chi connectivity index (χ4n) is 2.64. The average molecular weight is 387 g/mol. The Labute approximate surface area is 163 Å². The van der Waals surface area contributed by atoms with Gasteiger partial charge in [0.05, 0.1) is 16.8 Å². The summed E-state index contributed by atoms with van der Waals surface area (Å²) in [5, 5.41) is 7.48. The van der Waals surface area contributed by atoms with Crippen LogP contribution < -0.4 is 10.6 Å². The largest absolute Gasteiger partial charge is 0.457 e. The summed E-state index contributed by atoms with van der Waals surface area (Å²) in [5.41, 5.74) is 1.00. The normalized spacial score (nSPS) is 11.9. The molecule has 0 aliphatic carbocycles. The predicted molar refractivity (Wildman–Crippen MR) is 111 cm³/mol. The van der Waals surface area contributed by atoms with Gasteiger partial charge in [0.2, 0.25) is 0 Å². The van der Waals surface area contributed by atoms with E-state index in [1.807, 2.05) is 37.3 Å². The van der Waals surface area contributed by atoms with Gasteiger partial charge in [-0.25, -0.2) is 4.98 Å². The molecule has 0 spiro atoms.